The maximum Gasteiger partial charge on any atom is 0.330 e. The van der Waals surface area contributed by atoms with Crippen LogP contribution in [0.5, 0.6) is 5.75 Å². The second kappa shape index (κ2) is 10.4. The number of fused-ring (bicyclic) bond motifs is 1. The van der Waals surface area contributed by atoms with E-state index in [1.165, 1.54) is 19.3 Å². The Morgan fingerprint density at radius 1 is 1.03 bits per heavy atom. The van der Waals surface area contributed by atoms with Crippen LogP contribution >= 0.6 is 23.2 Å². The lowest BCUT2D eigenvalue weighted by molar-refractivity contribution is -0.134. The minimum atomic E-state index is -0.683. The van der Waals surface area contributed by atoms with Crippen LogP contribution in [0.3, 0.4) is 0 Å². The van der Waals surface area contributed by atoms with Gasteiger partial charge in [-0.2, -0.15) is 0 Å². The van der Waals surface area contributed by atoms with E-state index in [9.17, 15) is 19.2 Å². The Labute approximate surface area is 216 Å². The Morgan fingerprint density at radius 2 is 1.69 bits per heavy atom. The number of aromatic nitrogens is 1. The summed E-state index contributed by atoms with van der Waals surface area (Å²) in [7, 11) is 2.74. The van der Waals surface area contributed by atoms with Crippen molar-refractivity contribution in [3.63, 3.8) is 0 Å². The molecule has 0 aliphatic carbocycles. The lowest BCUT2D eigenvalue weighted by Crippen LogP contribution is -2.44. The van der Waals surface area contributed by atoms with Gasteiger partial charge in [0.25, 0.3) is 11.5 Å². The van der Waals surface area contributed by atoms with E-state index in [2.05, 4.69) is 4.74 Å². The van der Waals surface area contributed by atoms with Gasteiger partial charge < -0.3 is 9.47 Å². The highest BCUT2D eigenvalue weighted by Crippen LogP contribution is 2.31. The molecule has 36 heavy (non-hydrogen) atoms. The molecule has 4 rings (SSSR count). The molecule has 0 saturated heterocycles. The SMILES string of the molecule is COC(=O)/C=C/c1cc2c(n(-c3c(Cl)cccc3Cl)c1=O)CC(=O)N(Cc1ccc(OC)cc1)C2=O. The number of carbonyl (C=O) groups excluding carboxylic acids is 3. The fraction of sp³-hybridized carbons (Fsp3) is 0.154. The number of para-hydroxylation sites is 1. The first-order valence-corrected chi connectivity index (χ1v) is 11.5. The molecule has 1 aliphatic heterocycles. The highest BCUT2D eigenvalue weighted by atomic mass is 35.5. The lowest BCUT2D eigenvalue weighted by atomic mass is 9.99. The molecule has 1 aromatic heterocycles. The highest BCUT2D eigenvalue weighted by Gasteiger charge is 2.35. The minimum absolute atomic E-state index is 0.0160. The highest BCUT2D eigenvalue weighted by molar-refractivity contribution is 6.37. The Bertz CT molecular complexity index is 1440. The first kappa shape index (κ1) is 25.2. The van der Waals surface area contributed by atoms with Crippen LogP contribution in [-0.4, -0.2) is 41.5 Å². The van der Waals surface area contributed by atoms with E-state index in [1.807, 2.05) is 0 Å². The Balaban J connectivity index is 1.88. The molecule has 184 valence electrons. The largest absolute Gasteiger partial charge is 0.497 e. The van der Waals surface area contributed by atoms with Crippen LogP contribution in [0, 0.1) is 0 Å². The fourth-order valence-electron chi connectivity index (χ4n) is 3.89. The number of halogens is 2. The summed E-state index contributed by atoms with van der Waals surface area (Å²) in [5, 5.41) is 0.308. The number of imide groups is 1. The summed E-state index contributed by atoms with van der Waals surface area (Å²) in [6.07, 6.45) is 2.07. The molecular weight excluding hydrogens is 507 g/mol. The number of pyridine rings is 1. The van der Waals surface area contributed by atoms with Gasteiger partial charge in [0.2, 0.25) is 5.91 Å². The van der Waals surface area contributed by atoms with Crippen LogP contribution < -0.4 is 10.3 Å². The second-order valence-electron chi connectivity index (χ2n) is 7.84. The number of methoxy groups -OCH3 is 2. The van der Waals surface area contributed by atoms with Crippen molar-refractivity contribution >= 4 is 47.1 Å². The summed E-state index contributed by atoms with van der Waals surface area (Å²) in [5.74, 6) is -1.13. The smallest absolute Gasteiger partial charge is 0.330 e. The number of nitrogens with zero attached hydrogens (tertiary/aromatic N) is 2. The zero-order chi connectivity index (χ0) is 26.0. The van der Waals surface area contributed by atoms with Gasteiger partial charge in [0.15, 0.2) is 0 Å². The minimum Gasteiger partial charge on any atom is -0.497 e. The van der Waals surface area contributed by atoms with E-state index in [0.717, 1.165) is 15.5 Å². The topological polar surface area (TPSA) is 94.9 Å². The molecule has 1 aliphatic rings. The second-order valence-corrected chi connectivity index (χ2v) is 8.65. The molecule has 8 nitrogen and oxygen atoms in total. The average Bonchev–Trinajstić information content (AvgIpc) is 2.87. The Kier molecular flexibility index (Phi) is 7.28. The zero-order valence-corrected chi connectivity index (χ0v) is 20.8. The molecule has 0 radical (unpaired) electrons. The molecule has 2 aromatic carbocycles. The van der Waals surface area contributed by atoms with E-state index in [4.69, 9.17) is 27.9 Å². The predicted molar refractivity (Wildman–Crippen MR) is 135 cm³/mol. The van der Waals surface area contributed by atoms with Gasteiger partial charge in [-0.25, -0.2) is 4.79 Å². The third kappa shape index (κ3) is 4.78. The molecule has 0 atom stereocenters. The van der Waals surface area contributed by atoms with Gasteiger partial charge in [0.1, 0.15) is 5.75 Å². The summed E-state index contributed by atoms with van der Waals surface area (Å²) in [5.41, 5.74) is 0.540. The number of esters is 1. The van der Waals surface area contributed by atoms with Crippen LogP contribution in [-0.2, 0) is 27.3 Å². The van der Waals surface area contributed by atoms with E-state index >= 15 is 0 Å². The molecule has 0 spiro atoms. The molecule has 10 heteroatoms. The molecule has 0 N–H and O–H groups in total. The van der Waals surface area contributed by atoms with Crippen LogP contribution in [0.1, 0.15) is 27.2 Å². The monoisotopic (exact) mass is 526 g/mol. The number of carbonyl (C=O) groups is 3. The standard InChI is InChI=1S/C26H20Cl2N2O6/c1-35-17-9-6-15(7-10-17)14-29-22(31)13-21-18(26(29)34)12-16(8-11-23(32)36-2)25(33)30(21)24-19(27)4-3-5-20(24)28/h3-12H,13-14H2,1-2H3/b11-8+. The first-order valence-electron chi connectivity index (χ1n) is 10.7. The molecule has 2 heterocycles. The first-order chi connectivity index (χ1) is 17.2. The number of hydrogen-bond donors (Lipinski definition) is 0. The van der Waals surface area contributed by atoms with Crippen molar-refractivity contribution in [2.75, 3.05) is 14.2 Å². The lowest BCUT2D eigenvalue weighted by Gasteiger charge is -2.29. The van der Waals surface area contributed by atoms with Gasteiger partial charge in [-0.3, -0.25) is 23.9 Å². The molecule has 0 saturated carbocycles. The molecular formula is C26H20Cl2N2O6. The fourth-order valence-corrected chi connectivity index (χ4v) is 4.45. The van der Waals surface area contributed by atoms with E-state index in [-0.39, 0.29) is 45.5 Å². The maximum absolute atomic E-state index is 13.5. The van der Waals surface area contributed by atoms with E-state index in [0.29, 0.717) is 11.3 Å². The van der Waals surface area contributed by atoms with Crippen molar-refractivity contribution < 1.29 is 23.9 Å². The van der Waals surface area contributed by atoms with Crippen molar-refractivity contribution in [3.8, 4) is 11.4 Å². The average molecular weight is 527 g/mol. The third-order valence-corrected chi connectivity index (χ3v) is 6.30. The molecule has 3 aromatic rings. The summed E-state index contributed by atoms with van der Waals surface area (Å²) in [6, 6.07) is 13.0. The van der Waals surface area contributed by atoms with E-state index in [1.54, 1.807) is 49.6 Å². The van der Waals surface area contributed by atoms with Gasteiger partial charge in [-0.15, -0.1) is 0 Å². The molecule has 0 unspecified atom stereocenters. The molecule has 0 bridgehead atoms. The summed E-state index contributed by atoms with van der Waals surface area (Å²) in [6.45, 7) is 0.0282. The third-order valence-electron chi connectivity index (χ3n) is 5.69. The number of ether oxygens (including phenoxy) is 2. The predicted octanol–water partition coefficient (Wildman–Crippen LogP) is 4.06. The van der Waals surface area contributed by atoms with E-state index < -0.39 is 23.3 Å². The Morgan fingerprint density at radius 3 is 2.31 bits per heavy atom. The van der Waals surface area contributed by atoms with Crippen molar-refractivity contribution in [2.24, 2.45) is 0 Å². The van der Waals surface area contributed by atoms with Crippen molar-refractivity contribution in [2.45, 2.75) is 13.0 Å². The molecule has 2 amide bonds. The quantitative estimate of drug-likeness (QED) is 0.273. The number of hydrogen-bond acceptors (Lipinski definition) is 6. The van der Waals surface area contributed by atoms with Gasteiger partial charge in [0.05, 0.1) is 48.5 Å². The van der Waals surface area contributed by atoms with Crippen LogP contribution in [0.25, 0.3) is 11.8 Å². The summed E-state index contributed by atoms with van der Waals surface area (Å²) in [4.78, 5) is 52.9. The number of amides is 2. The number of rotatable bonds is 6. The van der Waals surface area contributed by atoms with Gasteiger partial charge in [0, 0.05) is 17.3 Å². The van der Waals surface area contributed by atoms with Crippen molar-refractivity contribution in [1.29, 1.82) is 0 Å². The van der Waals surface area contributed by atoms with Gasteiger partial charge in [-0.1, -0.05) is 41.4 Å². The van der Waals surface area contributed by atoms with Crippen LogP contribution in [0.2, 0.25) is 10.0 Å². The normalized spacial score (nSPS) is 13.2. The van der Waals surface area contributed by atoms with Crippen molar-refractivity contribution in [1.82, 2.24) is 9.47 Å². The maximum atomic E-state index is 13.5. The van der Waals surface area contributed by atoms with Crippen LogP contribution in [0.4, 0.5) is 0 Å². The van der Waals surface area contributed by atoms with Crippen molar-refractivity contribution in [3.05, 3.63) is 97.4 Å². The number of benzene rings is 2. The summed E-state index contributed by atoms with van der Waals surface area (Å²) >= 11 is 12.8. The molecule has 0 fully saturated rings. The van der Waals surface area contributed by atoms with Crippen LogP contribution in [0.15, 0.2) is 59.4 Å². The summed E-state index contributed by atoms with van der Waals surface area (Å²) < 4.78 is 10.9. The van der Waals surface area contributed by atoms with Gasteiger partial charge >= 0.3 is 5.97 Å². The zero-order valence-electron chi connectivity index (χ0n) is 19.3. The van der Waals surface area contributed by atoms with Gasteiger partial charge in [-0.05, 0) is 42.0 Å². The Hall–Kier alpha value is -3.88.